The van der Waals surface area contributed by atoms with Gasteiger partial charge in [0.2, 0.25) is 10.0 Å². The van der Waals surface area contributed by atoms with Gasteiger partial charge in [-0.3, -0.25) is 4.79 Å². The first-order valence-corrected chi connectivity index (χ1v) is 11.0. The highest BCUT2D eigenvalue weighted by molar-refractivity contribution is 7.89. The largest absolute Gasteiger partial charge is 0.496 e. The fourth-order valence-electron chi connectivity index (χ4n) is 3.59. The molecule has 2 aromatic carbocycles. The number of carbonyl (C=O) groups is 1. The van der Waals surface area contributed by atoms with Gasteiger partial charge in [0.25, 0.3) is 5.91 Å². The third-order valence-electron chi connectivity index (χ3n) is 5.12. The molecule has 0 unspecified atom stereocenters. The van der Waals surface area contributed by atoms with E-state index in [2.05, 4.69) is 5.32 Å². The number of ether oxygens (including phenoxy) is 1. The van der Waals surface area contributed by atoms with Gasteiger partial charge in [0.05, 0.1) is 17.6 Å². The number of rotatable bonds is 7. The number of amides is 1. The zero-order chi connectivity index (χ0) is 20.3. The molecule has 7 heteroatoms. The van der Waals surface area contributed by atoms with Crippen LogP contribution >= 0.6 is 0 Å². The summed E-state index contributed by atoms with van der Waals surface area (Å²) >= 11 is 0. The summed E-state index contributed by atoms with van der Waals surface area (Å²) in [6, 6.07) is 10.3. The van der Waals surface area contributed by atoms with Crippen LogP contribution in [0, 0.1) is 0 Å². The van der Waals surface area contributed by atoms with Crippen LogP contribution in [0.15, 0.2) is 41.3 Å². The molecule has 0 saturated heterocycles. The molecule has 0 bridgehead atoms. The number of carbonyl (C=O) groups excluding carboxylic acids is 1. The van der Waals surface area contributed by atoms with E-state index >= 15 is 0 Å². The van der Waals surface area contributed by atoms with Crippen molar-refractivity contribution in [2.75, 3.05) is 25.5 Å². The van der Waals surface area contributed by atoms with E-state index in [0.29, 0.717) is 24.5 Å². The van der Waals surface area contributed by atoms with E-state index in [9.17, 15) is 13.2 Å². The zero-order valence-electron chi connectivity index (χ0n) is 16.5. The lowest BCUT2D eigenvalue weighted by atomic mass is 10.1. The number of hydrogen-bond acceptors (Lipinski definition) is 4. The number of anilines is 1. The summed E-state index contributed by atoms with van der Waals surface area (Å²) in [6.45, 7) is 4.29. The van der Waals surface area contributed by atoms with Crippen LogP contribution in [0.25, 0.3) is 0 Å². The Hall–Kier alpha value is -2.38. The van der Waals surface area contributed by atoms with Gasteiger partial charge in [0, 0.05) is 18.8 Å². The van der Waals surface area contributed by atoms with Crippen LogP contribution in [0.3, 0.4) is 0 Å². The highest BCUT2D eigenvalue weighted by Gasteiger charge is 2.24. The van der Waals surface area contributed by atoms with E-state index in [1.165, 1.54) is 40.7 Å². The summed E-state index contributed by atoms with van der Waals surface area (Å²) in [4.78, 5) is 13.0. The molecule has 2 aromatic rings. The maximum Gasteiger partial charge on any atom is 0.259 e. The lowest BCUT2D eigenvalue weighted by Gasteiger charge is -2.19. The van der Waals surface area contributed by atoms with E-state index in [-0.39, 0.29) is 10.5 Å². The van der Waals surface area contributed by atoms with Gasteiger partial charge in [-0.25, -0.2) is 8.42 Å². The number of nitrogens with one attached hydrogen (secondary N) is 1. The first kappa shape index (κ1) is 20.4. The Bertz CT molecular complexity index is 982. The van der Waals surface area contributed by atoms with E-state index in [4.69, 9.17) is 4.74 Å². The second kappa shape index (κ2) is 8.32. The Morgan fingerprint density at radius 1 is 1.07 bits per heavy atom. The van der Waals surface area contributed by atoms with E-state index in [1.54, 1.807) is 13.8 Å². The molecule has 1 amide bonds. The van der Waals surface area contributed by atoms with Crippen LogP contribution in [-0.2, 0) is 22.9 Å². The normalized spacial score (nSPS) is 13.4. The Morgan fingerprint density at radius 3 is 2.46 bits per heavy atom. The smallest absolute Gasteiger partial charge is 0.259 e. The SMILES string of the molecule is CCN(CC)S(=O)(=O)c1ccc(OC)c(C(=O)Nc2ccc3c(c2)CCC3)c1. The molecule has 1 aliphatic rings. The van der Waals surface area contributed by atoms with Crippen molar-refractivity contribution in [1.82, 2.24) is 4.31 Å². The Morgan fingerprint density at radius 2 is 1.79 bits per heavy atom. The molecular weight excluding hydrogens is 376 g/mol. The Labute approximate surface area is 166 Å². The number of sulfonamides is 1. The molecule has 3 rings (SSSR count). The fraction of sp³-hybridized carbons (Fsp3) is 0.381. The molecule has 0 aliphatic heterocycles. The maximum absolute atomic E-state index is 12.9. The van der Waals surface area contributed by atoms with Gasteiger partial charge >= 0.3 is 0 Å². The number of aryl methyl sites for hydroxylation is 2. The first-order chi connectivity index (χ1) is 13.4. The quantitative estimate of drug-likeness (QED) is 0.769. The van der Waals surface area contributed by atoms with Gasteiger partial charge in [-0.05, 0) is 60.7 Å². The summed E-state index contributed by atoms with van der Waals surface area (Å²) in [5.74, 6) is -0.0662. The van der Waals surface area contributed by atoms with Gasteiger partial charge in [-0.15, -0.1) is 0 Å². The van der Waals surface area contributed by atoms with Crippen LogP contribution < -0.4 is 10.1 Å². The molecule has 0 fully saturated rings. The second-order valence-corrected chi connectivity index (χ2v) is 8.68. The molecule has 0 aromatic heterocycles. The standard InChI is InChI=1S/C21H26N2O4S/c1-4-23(5-2)28(25,26)18-11-12-20(27-3)19(14-18)21(24)22-17-10-9-15-7-6-8-16(15)13-17/h9-14H,4-8H2,1-3H3,(H,22,24). The maximum atomic E-state index is 12.9. The fourth-order valence-corrected chi connectivity index (χ4v) is 5.07. The topological polar surface area (TPSA) is 75.7 Å². The summed E-state index contributed by atoms with van der Waals surface area (Å²) in [5, 5.41) is 2.87. The summed E-state index contributed by atoms with van der Waals surface area (Å²) in [5.41, 5.74) is 3.46. The van der Waals surface area contributed by atoms with Crippen molar-refractivity contribution in [3.05, 3.63) is 53.1 Å². The van der Waals surface area contributed by atoms with Crippen molar-refractivity contribution in [2.24, 2.45) is 0 Å². The van der Waals surface area contributed by atoms with Crippen molar-refractivity contribution in [3.8, 4) is 5.75 Å². The molecule has 1 N–H and O–H groups in total. The van der Waals surface area contributed by atoms with Crippen molar-refractivity contribution in [1.29, 1.82) is 0 Å². The van der Waals surface area contributed by atoms with Crippen molar-refractivity contribution in [3.63, 3.8) is 0 Å². The van der Waals surface area contributed by atoms with Crippen LogP contribution in [0.1, 0.15) is 41.8 Å². The van der Waals surface area contributed by atoms with Crippen LogP contribution in [0.5, 0.6) is 5.75 Å². The van der Waals surface area contributed by atoms with Gasteiger partial charge in [-0.2, -0.15) is 4.31 Å². The number of fused-ring (bicyclic) bond motifs is 1. The monoisotopic (exact) mass is 402 g/mol. The molecule has 0 radical (unpaired) electrons. The average molecular weight is 403 g/mol. The van der Waals surface area contributed by atoms with Crippen molar-refractivity contribution < 1.29 is 17.9 Å². The molecule has 0 atom stereocenters. The molecular formula is C21H26N2O4S. The van der Waals surface area contributed by atoms with Gasteiger partial charge < -0.3 is 10.1 Å². The Balaban J connectivity index is 1.92. The average Bonchev–Trinajstić information content (AvgIpc) is 3.16. The zero-order valence-corrected chi connectivity index (χ0v) is 17.3. The van der Waals surface area contributed by atoms with Crippen LogP contribution in [-0.4, -0.2) is 38.8 Å². The molecule has 0 heterocycles. The van der Waals surface area contributed by atoms with E-state index < -0.39 is 15.9 Å². The molecule has 0 saturated carbocycles. The van der Waals surface area contributed by atoms with Gasteiger partial charge in [0.1, 0.15) is 5.75 Å². The minimum atomic E-state index is -3.67. The Kier molecular flexibility index (Phi) is 6.05. The van der Waals surface area contributed by atoms with Crippen molar-refractivity contribution >= 4 is 21.6 Å². The lowest BCUT2D eigenvalue weighted by Crippen LogP contribution is -2.30. The summed E-state index contributed by atoms with van der Waals surface area (Å²) in [7, 11) is -2.21. The minimum absolute atomic E-state index is 0.0797. The molecule has 6 nitrogen and oxygen atoms in total. The predicted octanol–water partition coefficient (Wildman–Crippen LogP) is 3.47. The van der Waals surface area contributed by atoms with E-state index in [1.807, 2.05) is 18.2 Å². The van der Waals surface area contributed by atoms with Crippen LogP contribution in [0.4, 0.5) is 5.69 Å². The van der Waals surface area contributed by atoms with E-state index in [0.717, 1.165) is 19.3 Å². The molecule has 28 heavy (non-hydrogen) atoms. The second-order valence-electron chi connectivity index (χ2n) is 6.74. The third kappa shape index (κ3) is 3.91. The minimum Gasteiger partial charge on any atom is -0.496 e. The number of hydrogen-bond donors (Lipinski definition) is 1. The summed E-state index contributed by atoms with van der Waals surface area (Å²) < 4.78 is 32.3. The number of nitrogens with zero attached hydrogens (tertiary/aromatic N) is 1. The molecule has 1 aliphatic carbocycles. The number of benzene rings is 2. The highest BCUT2D eigenvalue weighted by atomic mass is 32.2. The summed E-state index contributed by atoms with van der Waals surface area (Å²) in [6.07, 6.45) is 3.22. The van der Waals surface area contributed by atoms with Gasteiger partial charge in [-0.1, -0.05) is 19.9 Å². The third-order valence-corrected chi connectivity index (χ3v) is 7.16. The van der Waals surface area contributed by atoms with Gasteiger partial charge in [0.15, 0.2) is 0 Å². The first-order valence-electron chi connectivity index (χ1n) is 9.52. The van der Waals surface area contributed by atoms with Crippen LogP contribution in [0.2, 0.25) is 0 Å². The molecule has 150 valence electrons. The predicted molar refractivity (Wildman–Crippen MR) is 110 cm³/mol. The number of methoxy groups -OCH3 is 1. The molecule has 0 spiro atoms. The lowest BCUT2D eigenvalue weighted by molar-refractivity contribution is 0.102. The highest BCUT2D eigenvalue weighted by Crippen LogP contribution is 2.28. The van der Waals surface area contributed by atoms with Crippen molar-refractivity contribution in [2.45, 2.75) is 38.0 Å².